The predicted octanol–water partition coefficient (Wildman–Crippen LogP) is 3.71. The van der Waals surface area contributed by atoms with Crippen LogP contribution in [0.4, 0.5) is 10.1 Å². The van der Waals surface area contributed by atoms with Crippen LogP contribution >= 0.6 is 22.6 Å². The van der Waals surface area contributed by atoms with Crippen molar-refractivity contribution < 1.29 is 23.5 Å². The van der Waals surface area contributed by atoms with E-state index in [1.807, 2.05) is 19.9 Å². The van der Waals surface area contributed by atoms with Crippen molar-refractivity contribution in [3.05, 3.63) is 51.3 Å². The lowest BCUT2D eigenvalue weighted by molar-refractivity contribution is -0.126. The number of amides is 2. The Kier molecular flexibility index (Phi) is 8.37. The molecule has 0 atom stereocenters. The molecule has 2 N–H and O–H groups in total. The Labute approximate surface area is 181 Å². The molecule has 2 rings (SSSR count). The van der Waals surface area contributed by atoms with E-state index in [1.54, 1.807) is 12.1 Å². The molecule has 154 valence electrons. The molecule has 0 unspecified atom stereocenters. The minimum Gasteiger partial charge on any atom is -0.493 e. The van der Waals surface area contributed by atoms with E-state index in [-0.39, 0.29) is 11.8 Å². The minimum absolute atomic E-state index is 0.00766. The Morgan fingerprint density at radius 3 is 2.62 bits per heavy atom. The van der Waals surface area contributed by atoms with E-state index < -0.39 is 24.1 Å². The SMILES string of the molecule is COc1cc(C=NNC(=O)CC(=O)Nc2ccccc2F)cc(I)c1OC(C)C. The summed E-state index contributed by atoms with van der Waals surface area (Å²) < 4.78 is 25.4. The number of methoxy groups -OCH3 is 1. The van der Waals surface area contributed by atoms with Crippen LogP contribution in [0.1, 0.15) is 25.8 Å². The number of nitrogens with one attached hydrogen (secondary N) is 2. The molecular weight excluding hydrogens is 492 g/mol. The predicted molar refractivity (Wildman–Crippen MR) is 117 cm³/mol. The number of para-hydroxylation sites is 1. The normalized spacial score (nSPS) is 10.8. The quantitative estimate of drug-likeness (QED) is 0.244. The van der Waals surface area contributed by atoms with Gasteiger partial charge in [0.2, 0.25) is 11.8 Å². The van der Waals surface area contributed by atoms with Gasteiger partial charge in [-0.25, -0.2) is 9.82 Å². The highest BCUT2D eigenvalue weighted by Gasteiger charge is 2.13. The van der Waals surface area contributed by atoms with Gasteiger partial charge in [0, 0.05) is 0 Å². The molecule has 0 heterocycles. The van der Waals surface area contributed by atoms with Crippen molar-refractivity contribution in [2.45, 2.75) is 26.4 Å². The van der Waals surface area contributed by atoms with E-state index in [0.29, 0.717) is 17.1 Å². The first kappa shape index (κ1) is 22.6. The maximum absolute atomic E-state index is 13.5. The lowest BCUT2D eigenvalue weighted by atomic mass is 10.2. The third kappa shape index (κ3) is 7.00. The Bertz CT molecular complexity index is 919. The van der Waals surface area contributed by atoms with Gasteiger partial charge in [0.05, 0.1) is 28.7 Å². The van der Waals surface area contributed by atoms with Crippen LogP contribution < -0.4 is 20.2 Å². The molecule has 0 aliphatic rings. The smallest absolute Gasteiger partial charge is 0.249 e. The van der Waals surface area contributed by atoms with Gasteiger partial charge < -0.3 is 14.8 Å². The molecule has 7 nitrogen and oxygen atoms in total. The zero-order chi connectivity index (χ0) is 21.4. The molecule has 0 saturated heterocycles. The van der Waals surface area contributed by atoms with Crippen LogP contribution in [0.15, 0.2) is 41.5 Å². The second kappa shape index (κ2) is 10.7. The number of hydrogen-bond acceptors (Lipinski definition) is 5. The van der Waals surface area contributed by atoms with Crippen LogP contribution in [0.25, 0.3) is 0 Å². The number of benzene rings is 2. The van der Waals surface area contributed by atoms with Crippen LogP contribution in [0.5, 0.6) is 11.5 Å². The second-order valence-electron chi connectivity index (χ2n) is 6.20. The van der Waals surface area contributed by atoms with Crippen molar-refractivity contribution in [1.29, 1.82) is 0 Å². The topological polar surface area (TPSA) is 89.0 Å². The Hall–Kier alpha value is -2.69. The van der Waals surface area contributed by atoms with E-state index in [2.05, 4.69) is 38.4 Å². The van der Waals surface area contributed by atoms with Crippen LogP contribution in [-0.4, -0.2) is 31.2 Å². The summed E-state index contributed by atoms with van der Waals surface area (Å²) in [7, 11) is 1.54. The van der Waals surface area contributed by atoms with Crippen LogP contribution in [0.2, 0.25) is 0 Å². The van der Waals surface area contributed by atoms with Gasteiger partial charge in [0.1, 0.15) is 12.2 Å². The number of halogens is 2. The van der Waals surface area contributed by atoms with E-state index >= 15 is 0 Å². The summed E-state index contributed by atoms with van der Waals surface area (Å²) in [5.41, 5.74) is 2.96. The highest BCUT2D eigenvalue weighted by atomic mass is 127. The molecule has 0 saturated carbocycles. The van der Waals surface area contributed by atoms with Crippen molar-refractivity contribution in [1.82, 2.24) is 5.43 Å². The van der Waals surface area contributed by atoms with Gasteiger partial charge in [-0.1, -0.05) is 12.1 Å². The molecule has 0 aliphatic carbocycles. The highest BCUT2D eigenvalue weighted by Crippen LogP contribution is 2.34. The molecule has 2 aromatic rings. The zero-order valence-electron chi connectivity index (χ0n) is 16.2. The lowest BCUT2D eigenvalue weighted by Crippen LogP contribution is -2.24. The number of carbonyl (C=O) groups is 2. The van der Waals surface area contributed by atoms with Gasteiger partial charge in [-0.05, 0) is 66.3 Å². The molecule has 9 heteroatoms. The number of hydrogen-bond donors (Lipinski definition) is 2. The second-order valence-corrected chi connectivity index (χ2v) is 7.36. The monoisotopic (exact) mass is 513 g/mol. The molecule has 29 heavy (non-hydrogen) atoms. The number of carbonyl (C=O) groups excluding carboxylic acids is 2. The summed E-state index contributed by atoms with van der Waals surface area (Å²) >= 11 is 2.12. The maximum Gasteiger partial charge on any atom is 0.249 e. The third-order valence-electron chi connectivity index (χ3n) is 3.48. The molecule has 0 radical (unpaired) electrons. The van der Waals surface area contributed by atoms with Gasteiger partial charge in [-0.2, -0.15) is 5.10 Å². The van der Waals surface area contributed by atoms with Crippen molar-refractivity contribution in [2.75, 3.05) is 12.4 Å². The summed E-state index contributed by atoms with van der Waals surface area (Å²) in [6, 6.07) is 9.25. The highest BCUT2D eigenvalue weighted by molar-refractivity contribution is 14.1. The van der Waals surface area contributed by atoms with Crippen molar-refractivity contribution in [3.8, 4) is 11.5 Å². The number of ether oxygens (including phenoxy) is 2. The molecule has 2 aromatic carbocycles. The number of hydrazone groups is 1. The third-order valence-corrected chi connectivity index (χ3v) is 4.28. The van der Waals surface area contributed by atoms with E-state index in [4.69, 9.17) is 9.47 Å². The standard InChI is InChI=1S/C20H21FIN3O4/c1-12(2)29-20-15(22)8-13(9-17(20)28-3)11-23-25-19(27)10-18(26)24-16-7-5-4-6-14(16)21/h4-9,11-12H,10H2,1-3H3,(H,24,26)(H,25,27). The van der Waals surface area contributed by atoms with Crippen LogP contribution in [0, 0.1) is 9.39 Å². The average Bonchev–Trinajstić information content (AvgIpc) is 2.65. The summed E-state index contributed by atoms with van der Waals surface area (Å²) in [6.45, 7) is 3.84. The fraction of sp³-hybridized carbons (Fsp3) is 0.250. The van der Waals surface area contributed by atoms with Crippen LogP contribution in [-0.2, 0) is 9.59 Å². The lowest BCUT2D eigenvalue weighted by Gasteiger charge is -2.15. The first-order chi connectivity index (χ1) is 13.8. The largest absolute Gasteiger partial charge is 0.493 e. The molecule has 0 spiro atoms. The number of nitrogens with zero attached hydrogens (tertiary/aromatic N) is 1. The van der Waals surface area contributed by atoms with Crippen LogP contribution in [0.3, 0.4) is 0 Å². The molecule has 0 aliphatic heterocycles. The first-order valence-electron chi connectivity index (χ1n) is 8.70. The molecule has 0 aromatic heterocycles. The van der Waals surface area contributed by atoms with E-state index in [1.165, 1.54) is 31.5 Å². The molecule has 0 fully saturated rings. The fourth-order valence-electron chi connectivity index (χ4n) is 2.29. The summed E-state index contributed by atoms with van der Waals surface area (Å²) in [6.07, 6.45) is 0.927. The number of rotatable bonds is 8. The van der Waals surface area contributed by atoms with Gasteiger partial charge in [0.25, 0.3) is 0 Å². The Morgan fingerprint density at radius 1 is 1.24 bits per heavy atom. The zero-order valence-corrected chi connectivity index (χ0v) is 18.3. The fourth-order valence-corrected chi connectivity index (χ4v) is 3.04. The molecule has 2 amide bonds. The van der Waals surface area contributed by atoms with Gasteiger partial charge in [-0.3, -0.25) is 9.59 Å². The summed E-state index contributed by atoms with van der Waals surface area (Å²) in [5, 5.41) is 6.18. The average molecular weight is 513 g/mol. The van der Waals surface area contributed by atoms with Gasteiger partial charge >= 0.3 is 0 Å². The maximum atomic E-state index is 13.5. The summed E-state index contributed by atoms with van der Waals surface area (Å²) in [4.78, 5) is 23.7. The number of anilines is 1. The molecule has 0 bridgehead atoms. The van der Waals surface area contributed by atoms with E-state index in [0.717, 1.165) is 3.57 Å². The first-order valence-corrected chi connectivity index (χ1v) is 9.78. The summed E-state index contributed by atoms with van der Waals surface area (Å²) in [5.74, 6) is -0.671. The van der Waals surface area contributed by atoms with E-state index in [9.17, 15) is 14.0 Å². The van der Waals surface area contributed by atoms with Gasteiger partial charge in [-0.15, -0.1) is 0 Å². The van der Waals surface area contributed by atoms with Crippen molar-refractivity contribution in [2.24, 2.45) is 5.10 Å². The Balaban J connectivity index is 1.95. The minimum atomic E-state index is -0.644. The van der Waals surface area contributed by atoms with Crippen molar-refractivity contribution >= 4 is 46.3 Å². The Morgan fingerprint density at radius 2 is 1.97 bits per heavy atom. The molecular formula is C20H21FIN3O4. The van der Waals surface area contributed by atoms with Crippen molar-refractivity contribution in [3.63, 3.8) is 0 Å². The van der Waals surface area contributed by atoms with Gasteiger partial charge in [0.15, 0.2) is 11.5 Å².